The van der Waals surface area contributed by atoms with Crippen LogP contribution in [0.2, 0.25) is 0 Å². The van der Waals surface area contributed by atoms with Crippen molar-refractivity contribution in [1.82, 2.24) is 9.88 Å². The number of rotatable bonds is 2. The smallest absolute Gasteiger partial charge is 0.254 e. The maximum absolute atomic E-state index is 13.2. The third-order valence-corrected chi connectivity index (χ3v) is 6.68. The van der Waals surface area contributed by atoms with Crippen molar-refractivity contribution < 1.29 is 9.18 Å². The quantitative estimate of drug-likeness (QED) is 0.640. The third-order valence-electron chi connectivity index (χ3n) is 5.89. The van der Waals surface area contributed by atoms with E-state index in [0.29, 0.717) is 5.92 Å². The molecule has 2 atom stereocenters. The summed E-state index contributed by atoms with van der Waals surface area (Å²) in [6.45, 7) is 0. The summed E-state index contributed by atoms with van der Waals surface area (Å²) in [5.41, 5.74) is 4.72. The van der Waals surface area contributed by atoms with Crippen LogP contribution >= 0.6 is 11.3 Å². The minimum atomic E-state index is -0.192. The van der Waals surface area contributed by atoms with Crippen LogP contribution < -0.4 is 0 Å². The average molecular weight is 366 g/mol. The number of hydrogen-bond acceptors (Lipinski definition) is 3. The van der Waals surface area contributed by atoms with E-state index < -0.39 is 0 Å². The first-order valence-electron chi connectivity index (χ1n) is 9.10. The summed E-state index contributed by atoms with van der Waals surface area (Å²) in [6, 6.07) is 13.3. The largest absolute Gasteiger partial charge is 0.333 e. The Labute approximate surface area is 155 Å². The number of amides is 1. The van der Waals surface area contributed by atoms with Crippen LogP contribution in [0.4, 0.5) is 4.39 Å². The van der Waals surface area contributed by atoms with Crippen LogP contribution in [0.1, 0.15) is 47.5 Å². The standard InChI is InChI=1S/C21H19FN2OS/c22-16-4-1-13(2-5-16)15-9-17-6-7-18(10-15)24(17)21(25)14-3-8-19-20(11-14)26-12-23-19/h1-5,8,11-12,15,17-18H,6-7,9-10H2. The highest BCUT2D eigenvalue weighted by atomic mass is 32.1. The van der Waals surface area contributed by atoms with E-state index in [4.69, 9.17) is 0 Å². The molecule has 3 heterocycles. The summed E-state index contributed by atoms with van der Waals surface area (Å²) in [5.74, 6) is 0.370. The van der Waals surface area contributed by atoms with Crippen LogP contribution in [0.15, 0.2) is 48.0 Å². The lowest BCUT2D eigenvalue weighted by Gasteiger charge is -2.39. The van der Waals surface area contributed by atoms with Crippen molar-refractivity contribution in [2.24, 2.45) is 0 Å². The van der Waals surface area contributed by atoms with Crippen LogP contribution in [0.5, 0.6) is 0 Å². The molecule has 5 heteroatoms. The van der Waals surface area contributed by atoms with Gasteiger partial charge in [0.05, 0.1) is 15.7 Å². The number of thiazole rings is 1. The fraction of sp³-hybridized carbons (Fsp3) is 0.333. The zero-order chi connectivity index (χ0) is 17.7. The van der Waals surface area contributed by atoms with E-state index in [1.54, 1.807) is 23.5 Å². The van der Waals surface area contributed by atoms with Gasteiger partial charge in [-0.2, -0.15) is 0 Å². The summed E-state index contributed by atoms with van der Waals surface area (Å²) in [4.78, 5) is 19.6. The summed E-state index contributed by atoms with van der Waals surface area (Å²) in [7, 11) is 0. The lowest BCUT2D eigenvalue weighted by molar-refractivity contribution is 0.0571. The number of carbonyl (C=O) groups is 1. The number of benzene rings is 2. The van der Waals surface area contributed by atoms with E-state index in [2.05, 4.69) is 9.88 Å². The second-order valence-corrected chi connectivity index (χ2v) is 8.24. The molecule has 132 valence electrons. The summed E-state index contributed by atoms with van der Waals surface area (Å²) in [5, 5.41) is 0. The maximum atomic E-state index is 13.2. The molecule has 3 aromatic rings. The molecular formula is C21H19FN2OS. The number of halogens is 1. The molecule has 5 rings (SSSR count). The normalized spacial score (nSPS) is 25.0. The minimum Gasteiger partial charge on any atom is -0.333 e. The molecule has 2 unspecified atom stereocenters. The summed E-state index contributed by atoms with van der Waals surface area (Å²) in [6.07, 6.45) is 4.07. The number of fused-ring (bicyclic) bond motifs is 3. The molecule has 0 radical (unpaired) electrons. The summed E-state index contributed by atoms with van der Waals surface area (Å²) >= 11 is 1.57. The molecule has 26 heavy (non-hydrogen) atoms. The molecule has 2 aliphatic heterocycles. The van der Waals surface area contributed by atoms with Crippen LogP contribution in [0, 0.1) is 5.82 Å². The van der Waals surface area contributed by atoms with Gasteiger partial charge in [0.15, 0.2) is 0 Å². The van der Waals surface area contributed by atoms with Gasteiger partial charge in [0.25, 0.3) is 5.91 Å². The monoisotopic (exact) mass is 366 g/mol. The van der Waals surface area contributed by atoms with E-state index in [-0.39, 0.29) is 23.8 Å². The Kier molecular flexibility index (Phi) is 3.78. The average Bonchev–Trinajstić information content (AvgIpc) is 3.23. The third kappa shape index (κ3) is 2.62. The fourth-order valence-corrected chi connectivity index (χ4v) is 5.37. The van der Waals surface area contributed by atoms with Crippen LogP contribution in [0.3, 0.4) is 0 Å². The highest BCUT2D eigenvalue weighted by molar-refractivity contribution is 7.16. The second-order valence-electron chi connectivity index (χ2n) is 7.35. The van der Waals surface area contributed by atoms with Crippen molar-refractivity contribution >= 4 is 27.5 Å². The molecule has 2 saturated heterocycles. The maximum Gasteiger partial charge on any atom is 0.254 e. The van der Waals surface area contributed by atoms with Gasteiger partial charge in [0, 0.05) is 17.6 Å². The fourth-order valence-electron chi connectivity index (χ4n) is 4.65. The van der Waals surface area contributed by atoms with Crippen molar-refractivity contribution in [3.8, 4) is 0 Å². The molecule has 2 aliphatic rings. The van der Waals surface area contributed by atoms with Crippen molar-refractivity contribution in [1.29, 1.82) is 0 Å². The van der Waals surface area contributed by atoms with Gasteiger partial charge in [-0.25, -0.2) is 9.37 Å². The van der Waals surface area contributed by atoms with Crippen LogP contribution in [-0.4, -0.2) is 27.9 Å². The van der Waals surface area contributed by atoms with Gasteiger partial charge in [-0.05, 0) is 67.5 Å². The first-order valence-corrected chi connectivity index (χ1v) is 9.98. The Hall–Kier alpha value is -2.27. The lowest BCUT2D eigenvalue weighted by Crippen LogP contribution is -2.46. The van der Waals surface area contributed by atoms with Crippen LogP contribution in [-0.2, 0) is 0 Å². The molecule has 1 aromatic heterocycles. The molecule has 2 aromatic carbocycles. The first kappa shape index (κ1) is 15.9. The Morgan fingerprint density at radius 3 is 2.54 bits per heavy atom. The zero-order valence-electron chi connectivity index (χ0n) is 14.3. The van der Waals surface area contributed by atoms with E-state index in [9.17, 15) is 9.18 Å². The van der Waals surface area contributed by atoms with Gasteiger partial charge in [-0.15, -0.1) is 11.3 Å². The molecule has 0 aliphatic carbocycles. The van der Waals surface area contributed by atoms with Gasteiger partial charge in [-0.1, -0.05) is 12.1 Å². The van der Waals surface area contributed by atoms with E-state index in [0.717, 1.165) is 41.5 Å². The Morgan fingerprint density at radius 1 is 1.08 bits per heavy atom. The Bertz CT molecular complexity index is 954. The number of carbonyl (C=O) groups excluding carboxylic acids is 1. The number of piperidine rings is 1. The Morgan fingerprint density at radius 2 is 1.81 bits per heavy atom. The lowest BCUT2D eigenvalue weighted by atomic mass is 9.85. The van der Waals surface area contributed by atoms with Gasteiger partial charge in [-0.3, -0.25) is 4.79 Å². The number of aromatic nitrogens is 1. The molecule has 2 bridgehead atoms. The van der Waals surface area contributed by atoms with Crippen molar-refractivity contribution in [3.05, 3.63) is 64.9 Å². The first-order chi connectivity index (χ1) is 12.7. The SMILES string of the molecule is O=C(c1ccc2ncsc2c1)N1C2CCC1CC(c1ccc(F)cc1)C2. The topological polar surface area (TPSA) is 33.2 Å². The van der Waals surface area contributed by atoms with Gasteiger partial charge in [0.2, 0.25) is 0 Å². The number of hydrogen-bond donors (Lipinski definition) is 0. The van der Waals surface area contributed by atoms with E-state index in [1.807, 2.05) is 35.8 Å². The molecule has 0 N–H and O–H groups in total. The van der Waals surface area contributed by atoms with Gasteiger partial charge in [0.1, 0.15) is 5.82 Å². The molecule has 0 saturated carbocycles. The highest BCUT2D eigenvalue weighted by Gasteiger charge is 2.43. The van der Waals surface area contributed by atoms with Crippen molar-refractivity contribution in [2.45, 2.75) is 43.7 Å². The minimum absolute atomic E-state index is 0.144. The molecule has 3 nitrogen and oxygen atoms in total. The van der Waals surface area contributed by atoms with E-state index >= 15 is 0 Å². The van der Waals surface area contributed by atoms with Gasteiger partial charge < -0.3 is 4.90 Å². The van der Waals surface area contributed by atoms with Crippen molar-refractivity contribution in [3.63, 3.8) is 0 Å². The number of nitrogens with zero attached hydrogens (tertiary/aromatic N) is 2. The zero-order valence-corrected chi connectivity index (χ0v) is 15.1. The van der Waals surface area contributed by atoms with E-state index in [1.165, 1.54) is 5.56 Å². The Balaban J connectivity index is 1.39. The molecule has 2 fully saturated rings. The van der Waals surface area contributed by atoms with Gasteiger partial charge >= 0.3 is 0 Å². The predicted molar refractivity (Wildman–Crippen MR) is 101 cm³/mol. The molecule has 1 amide bonds. The predicted octanol–water partition coefficient (Wildman–Crippen LogP) is 4.99. The summed E-state index contributed by atoms with van der Waals surface area (Å²) < 4.78 is 14.3. The second kappa shape index (κ2) is 6.16. The van der Waals surface area contributed by atoms with Crippen LogP contribution in [0.25, 0.3) is 10.2 Å². The highest BCUT2D eigenvalue weighted by Crippen LogP contribution is 2.43. The molecular weight excluding hydrogens is 347 g/mol. The molecule has 0 spiro atoms. The van der Waals surface area contributed by atoms with Crippen molar-refractivity contribution in [2.75, 3.05) is 0 Å².